The fourth-order valence-corrected chi connectivity index (χ4v) is 5.82. The van der Waals surface area contributed by atoms with Gasteiger partial charge in [0.2, 0.25) is 5.91 Å². The smallest absolute Gasteiger partial charge is 0.331 e. The topological polar surface area (TPSA) is 96.0 Å². The van der Waals surface area contributed by atoms with E-state index in [-0.39, 0.29) is 16.2 Å². The molecule has 0 radical (unpaired) electrons. The monoisotopic (exact) mass is 511 g/mol. The Morgan fingerprint density at radius 1 is 1.00 bits per heavy atom. The number of aryl methyl sites for hydroxylation is 1. The predicted octanol–water partition coefficient (Wildman–Crippen LogP) is 3.82. The Bertz CT molecular complexity index is 1230. The summed E-state index contributed by atoms with van der Waals surface area (Å²) in [5.74, 6) is 0.698. The van der Waals surface area contributed by atoms with Crippen LogP contribution in [-0.2, 0) is 14.8 Å². The normalized spacial score (nSPS) is 17.5. The van der Waals surface area contributed by atoms with Gasteiger partial charge in [-0.05, 0) is 62.8 Å². The predicted molar refractivity (Wildman–Crippen MR) is 138 cm³/mol. The lowest BCUT2D eigenvalue weighted by molar-refractivity contribution is -0.128. The van der Waals surface area contributed by atoms with Crippen molar-refractivity contribution in [1.82, 2.24) is 14.5 Å². The molecule has 2 aromatic carbocycles. The maximum atomic E-state index is 12.8. The zero-order valence-electron chi connectivity index (χ0n) is 20.8. The lowest BCUT2D eigenvalue weighted by atomic mass is 9.78. The van der Waals surface area contributed by atoms with E-state index in [1.54, 1.807) is 29.2 Å². The second-order valence-electron chi connectivity index (χ2n) is 9.52. The van der Waals surface area contributed by atoms with Crippen LogP contribution >= 0.6 is 0 Å². The second kappa shape index (κ2) is 10.7. The maximum absolute atomic E-state index is 12.8. The van der Waals surface area contributed by atoms with Crippen molar-refractivity contribution in [3.05, 3.63) is 65.7 Å². The van der Waals surface area contributed by atoms with Crippen LogP contribution in [-0.4, -0.2) is 62.9 Å². The summed E-state index contributed by atoms with van der Waals surface area (Å²) in [4.78, 5) is 29.0. The molecule has 0 bridgehead atoms. The fraction of sp³-hybridized carbons (Fsp3) is 0.407. The Kier molecular flexibility index (Phi) is 7.68. The zero-order valence-corrected chi connectivity index (χ0v) is 21.6. The van der Waals surface area contributed by atoms with Gasteiger partial charge in [-0.2, -0.15) is 0 Å². The van der Waals surface area contributed by atoms with Gasteiger partial charge < -0.3 is 14.5 Å². The van der Waals surface area contributed by atoms with Crippen LogP contribution in [0.15, 0.2) is 59.5 Å². The first-order valence-corrected chi connectivity index (χ1v) is 13.8. The number of carbonyl (C=O) groups is 2. The average Bonchev–Trinajstić information content (AvgIpc) is 3.27. The Morgan fingerprint density at radius 2 is 1.64 bits per heavy atom. The summed E-state index contributed by atoms with van der Waals surface area (Å²) in [7, 11) is -3.92. The summed E-state index contributed by atoms with van der Waals surface area (Å²) in [5.41, 5.74) is 1.71. The summed E-state index contributed by atoms with van der Waals surface area (Å²) in [6, 6.07) is 13.4. The van der Waals surface area contributed by atoms with Crippen molar-refractivity contribution in [1.29, 1.82) is 0 Å². The molecule has 8 nitrogen and oxygen atoms in total. The van der Waals surface area contributed by atoms with Gasteiger partial charge >= 0.3 is 6.03 Å². The number of rotatable bonds is 6. The number of benzene rings is 2. The summed E-state index contributed by atoms with van der Waals surface area (Å²) < 4.78 is 33.0. The van der Waals surface area contributed by atoms with Gasteiger partial charge in [0.05, 0.1) is 11.5 Å². The third-order valence-corrected chi connectivity index (χ3v) is 8.37. The van der Waals surface area contributed by atoms with Gasteiger partial charge in [0.25, 0.3) is 10.0 Å². The highest BCUT2D eigenvalue weighted by atomic mass is 32.2. The van der Waals surface area contributed by atoms with Gasteiger partial charge in [-0.1, -0.05) is 35.9 Å². The van der Waals surface area contributed by atoms with Crippen LogP contribution in [0, 0.1) is 12.3 Å². The van der Waals surface area contributed by atoms with Crippen molar-refractivity contribution in [3.8, 4) is 5.75 Å². The number of hydrogen-bond acceptors (Lipinski definition) is 5. The molecule has 2 saturated heterocycles. The minimum absolute atomic E-state index is 0.0482. The molecule has 1 N–H and O–H groups in total. The number of piperidine rings is 1. The molecule has 0 aromatic heterocycles. The van der Waals surface area contributed by atoms with Crippen LogP contribution in [0.5, 0.6) is 5.75 Å². The molecule has 192 valence electrons. The van der Waals surface area contributed by atoms with Gasteiger partial charge in [-0.15, -0.1) is 0 Å². The third-order valence-electron chi connectivity index (χ3n) is 7.04. The Labute approximate surface area is 213 Å². The van der Waals surface area contributed by atoms with E-state index < -0.39 is 16.1 Å². The molecule has 2 heterocycles. The van der Waals surface area contributed by atoms with E-state index in [9.17, 15) is 18.0 Å². The Balaban J connectivity index is 1.31. The lowest BCUT2D eigenvalue weighted by Gasteiger charge is -2.38. The molecule has 1 spiro atoms. The average molecular weight is 512 g/mol. The van der Waals surface area contributed by atoms with Gasteiger partial charge in [0.15, 0.2) is 0 Å². The van der Waals surface area contributed by atoms with E-state index in [0.29, 0.717) is 32.8 Å². The summed E-state index contributed by atoms with van der Waals surface area (Å²) >= 11 is 0. The van der Waals surface area contributed by atoms with Gasteiger partial charge in [-0.25, -0.2) is 17.9 Å². The molecule has 0 atom stereocenters. The molecule has 9 heteroatoms. The Hall–Kier alpha value is -3.33. The van der Waals surface area contributed by atoms with Crippen LogP contribution in [0.2, 0.25) is 0 Å². The van der Waals surface area contributed by atoms with Crippen molar-refractivity contribution < 1.29 is 22.7 Å². The molecular formula is C27H33N3O5S. The van der Waals surface area contributed by atoms with Crippen molar-refractivity contribution in [3.63, 3.8) is 0 Å². The van der Waals surface area contributed by atoms with E-state index in [4.69, 9.17) is 4.74 Å². The molecule has 3 amide bonds. The van der Waals surface area contributed by atoms with Crippen molar-refractivity contribution in [2.24, 2.45) is 5.41 Å². The first-order chi connectivity index (χ1) is 17.2. The molecule has 2 aliphatic rings. The number of amides is 3. The number of nitrogens with zero attached hydrogens (tertiary/aromatic N) is 2. The van der Waals surface area contributed by atoms with E-state index in [2.05, 4.69) is 4.72 Å². The van der Waals surface area contributed by atoms with Gasteiger partial charge in [0.1, 0.15) is 5.75 Å². The highest BCUT2D eigenvalue weighted by Crippen LogP contribution is 2.40. The standard InChI is InChI=1S/C27H33N3O5S/c1-3-35-24-7-5-4-6-22(24)10-13-25(31)29-17-14-27(15-18-29)16-19-30(20-27)26(32)28-36(33,34)23-11-8-21(2)9-12-23/h4-13H,3,14-20H2,1-2H3,(H,28,32). The van der Waals surface area contributed by atoms with E-state index in [0.717, 1.165) is 36.1 Å². The van der Waals surface area contributed by atoms with E-state index >= 15 is 0 Å². The van der Waals surface area contributed by atoms with Crippen molar-refractivity contribution in [2.45, 2.75) is 38.0 Å². The Morgan fingerprint density at radius 3 is 2.31 bits per heavy atom. The van der Waals surface area contributed by atoms with Gasteiger partial charge in [0, 0.05) is 37.8 Å². The first-order valence-electron chi connectivity index (χ1n) is 12.3. The number of hydrogen-bond donors (Lipinski definition) is 1. The van der Waals surface area contributed by atoms with Gasteiger partial charge in [-0.3, -0.25) is 4.79 Å². The molecule has 2 fully saturated rings. The number of ether oxygens (including phenoxy) is 1. The molecule has 2 aliphatic heterocycles. The SMILES string of the molecule is CCOc1ccccc1C=CC(=O)N1CCC2(CC1)CCN(C(=O)NS(=O)(=O)c1ccc(C)cc1)C2. The fourth-order valence-electron chi connectivity index (χ4n) is 4.85. The number of carbonyl (C=O) groups excluding carboxylic acids is 2. The van der Waals surface area contributed by atoms with Crippen LogP contribution in [0.3, 0.4) is 0 Å². The number of likely N-dealkylation sites (tertiary alicyclic amines) is 2. The number of nitrogens with one attached hydrogen (secondary N) is 1. The minimum Gasteiger partial charge on any atom is -0.493 e. The van der Waals surface area contributed by atoms with Crippen molar-refractivity contribution in [2.75, 3.05) is 32.8 Å². The third kappa shape index (κ3) is 5.90. The molecular weight excluding hydrogens is 478 g/mol. The minimum atomic E-state index is -3.92. The summed E-state index contributed by atoms with van der Waals surface area (Å²) in [5, 5.41) is 0. The number of para-hydroxylation sites is 1. The van der Waals surface area contributed by atoms with Crippen LogP contribution < -0.4 is 9.46 Å². The van der Waals surface area contributed by atoms with E-state index in [1.807, 2.05) is 43.0 Å². The molecule has 2 aromatic rings. The molecule has 0 unspecified atom stereocenters. The van der Waals surface area contributed by atoms with E-state index in [1.165, 1.54) is 12.1 Å². The first kappa shape index (κ1) is 25.8. The highest BCUT2D eigenvalue weighted by Gasteiger charge is 2.43. The quantitative estimate of drug-likeness (QED) is 0.595. The largest absolute Gasteiger partial charge is 0.493 e. The molecule has 0 saturated carbocycles. The van der Waals surface area contributed by atoms with Crippen LogP contribution in [0.4, 0.5) is 4.79 Å². The zero-order chi connectivity index (χ0) is 25.8. The maximum Gasteiger partial charge on any atom is 0.331 e. The lowest BCUT2D eigenvalue weighted by Crippen LogP contribution is -2.46. The summed E-state index contributed by atoms with van der Waals surface area (Å²) in [6.45, 7) is 6.54. The molecule has 0 aliphatic carbocycles. The number of urea groups is 1. The van der Waals surface area contributed by atoms with Crippen LogP contribution in [0.25, 0.3) is 6.08 Å². The number of sulfonamides is 1. The van der Waals surface area contributed by atoms with Crippen LogP contribution in [0.1, 0.15) is 37.3 Å². The summed E-state index contributed by atoms with van der Waals surface area (Å²) in [6.07, 6.45) is 5.71. The highest BCUT2D eigenvalue weighted by molar-refractivity contribution is 7.90. The molecule has 36 heavy (non-hydrogen) atoms. The van der Waals surface area contributed by atoms with Crippen molar-refractivity contribution >= 4 is 28.0 Å². The molecule has 4 rings (SSSR count). The second-order valence-corrected chi connectivity index (χ2v) is 11.2.